The summed E-state index contributed by atoms with van der Waals surface area (Å²) in [6.07, 6.45) is 23.9. The van der Waals surface area contributed by atoms with Crippen molar-refractivity contribution < 1.29 is 9.59 Å². The largest absolute Gasteiger partial charge is 0.320 e. The number of carbonyl (C=O) groups is 2. The van der Waals surface area contributed by atoms with Gasteiger partial charge in [-0.15, -0.1) is 0 Å². The Hall–Kier alpha value is -1.56. The first-order valence-electron chi connectivity index (χ1n) is 15.6. The number of benzene rings is 1. The van der Waals surface area contributed by atoms with Crippen molar-refractivity contribution >= 4 is 12.6 Å². The zero-order valence-corrected chi connectivity index (χ0v) is 25.4. The monoisotopic (exact) mass is 531 g/mol. The number of hydrogen-bond donors (Lipinski definition) is 2. The molecule has 0 aliphatic carbocycles. The molecule has 2 rings (SSSR count). The number of likely N-dealkylation sites (N-methyl/N-ethyl adjacent to an activating group) is 1. The number of unbranched alkanes of at least 4 members (excludes halogenated alkanes) is 14. The molecule has 5 nitrogen and oxygen atoms in total. The van der Waals surface area contributed by atoms with Crippen molar-refractivity contribution in [1.29, 1.82) is 0 Å². The Labute approximate surface area is 235 Å². The van der Waals surface area contributed by atoms with Crippen molar-refractivity contribution in [2.75, 3.05) is 34.2 Å². The summed E-state index contributed by atoms with van der Waals surface area (Å²) < 4.78 is 0. The van der Waals surface area contributed by atoms with Crippen LogP contribution in [0.2, 0.25) is 0 Å². The number of carbonyl (C=O) groups excluding carboxylic acids is 2. The molecule has 1 aromatic carbocycles. The fourth-order valence-corrected chi connectivity index (χ4v) is 4.68. The lowest BCUT2D eigenvalue weighted by Gasteiger charge is -2.30. The topological polar surface area (TPSA) is 61.4 Å². The fourth-order valence-electron chi connectivity index (χ4n) is 4.68. The fraction of sp³-hybridized carbons (Fsp3) is 0.758. The van der Waals surface area contributed by atoms with Crippen LogP contribution in [-0.2, 0) is 22.6 Å². The second-order valence-electron chi connectivity index (χ2n) is 10.7. The van der Waals surface area contributed by atoms with Gasteiger partial charge in [0.05, 0.1) is 6.04 Å². The minimum atomic E-state index is 0.0647. The number of aldehydes is 2. The van der Waals surface area contributed by atoms with E-state index in [2.05, 4.69) is 34.6 Å². The summed E-state index contributed by atoms with van der Waals surface area (Å²) >= 11 is 0. The van der Waals surface area contributed by atoms with Crippen LogP contribution in [-0.4, -0.2) is 57.7 Å². The molecule has 1 unspecified atom stereocenters. The van der Waals surface area contributed by atoms with Gasteiger partial charge in [-0.1, -0.05) is 108 Å². The Balaban J connectivity index is 0.000000545. The summed E-state index contributed by atoms with van der Waals surface area (Å²) in [5, 5.41) is 6.31. The molecule has 0 spiro atoms. The van der Waals surface area contributed by atoms with E-state index in [4.69, 9.17) is 0 Å². The zero-order valence-electron chi connectivity index (χ0n) is 25.4. The van der Waals surface area contributed by atoms with Crippen LogP contribution in [0.1, 0.15) is 121 Å². The number of nitrogens with zero attached hydrogens (tertiary/aromatic N) is 1. The van der Waals surface area contributed by atoms with Crippen LogP contribution in [0, 0.1) is 0 Å². The zero-order chi connectivity index (χ0) is 28.1. The van der Waals surface area contributed by atoms with Crippen LogP contribution in [0.25, 0.3) is 0 Å². The predicted molar refractivity (Wildman–Crippen MR) is 165 cm³/mol. The van der Waals surface area contributed by atoms with E-state index in [9.17, 15) is 9.59 Å². The minimum absolute atomic E-state index is 0.0647. The van der Waals surface area contributed by atoms with Gasteiger partial charge in [-0.3, -0.25) is 4.90 Å². The third-order valence-electron chi connectivity index (χ3n) is 7.22. The number of fused-ring (bicyclic) bond motifs is 1. The van der Waals surface area contributed by atoms with E-state index < -0.39 is 0 Å². The van der Waals surface area contributed by atoms with E-state index in [1.54, 1.807) is 0 Å². The number of hydrogen-bond acceptors (Lipinski definition) is 5. The quantitative estimate of drug-likeness (QED) is 0.139. The Morgan fingerprint density at radius 2 is 1.21 bits per heavy atom. The van der Waals surface area contributed by atoms with Crippen LogP contribution in [0.3, 0.4) is 0 Å². The predicted octanol–water partition coefficient (Wildman–Crippen LogP) is 7.11. The number of nitrogens with one attached hydrogen (secondary N) is 2. The van der Waals surface area contributed by atoms with E-state index in [0.717, 1.165) is 38.4 Å². The molecule has 1 heterocycles. The molecule has 0 saturated heterocycles. The average Bonchev–Trinajstić information content (AvgIpc) is 2.94. The maximum absolute atomic E-state index is 10.7. The summed E-state index contributed by atoms with van der Waals surface area (Å²) in [5.74, 6) is 0. The summed E-state index contributed by atoms with van der Waals surface area (Å²) in [4.78, 5) is 22.9. The van der Waals surface area contributed by atoms with E-state index in [1.807, 2.05) is 33.3 Å². The Morgan fingerprint density at radius 3 is 1.68 bits per heavy atom. The van der Waals surface area contributed by atoms with Gasteiger partial charge in [-0.25, -0.2) is 0 Å². The van der Waals surface area contributed by atoms with Crippen molar-refractivity contribution in [1.82, 2.24) is 15.5 Å². The van der Waals surface area contributed by atoms with Gasteiger partial charge in [0.15, 0.2) is 0 Å². The molecule has 0 amide bonds. The third-order valence-corrected chi connectivity index (χ3v) is 7.22. The van der Waals surface area contributed by atoms with Gasteiger partial charge in [0.2, 0.25) is 0 Å². The average molecular weight is 532 g/mol. The lowest BCUT2D eigenvalue weighted by Crippen LogP contribution is -2.38. The summed E-state index contributed by atoms with van der Waals surface area (Å²) in [6.45, 7) is 5.49. The van der Waals surface area contributed by atoms with Gasteiger partial charge in [-0.05, 0) is 71.0 Å². The molecule has 38 heavy (non-hydrogen) atoms. The molecule has 0 radical (unpaired) electrons. The lowest BCUT2D eigenvalue weighted by atomic mass is 9.95. The Kier molecular flexibility index (Phi) is 27.3. The van der Waals surface area contributed by atoms with Crippen molar-refractivity contribution in [3.8, 4) is 0 Å². The second kappa shape index (κ2) is 28.4. The maximum atomic E-state index is 10.7. The van der Waals surface area contributed by atoms with E-state index in [0.29, 0.717) is 0 Å². The molecule has 220 valence electrons. The highest BCUT2D eigenvalue weighted by atomic mass is 16.1. The normalized spacial score (nSPS) is 14.5. The van der Waals surface area contributed by atoms with Gasteiger partial charge in [0, 0.05) is 13.0 Å². The third kappa shape index (κ3) is 21.4. The second-order valence-corrected chi connectivity index (χ2v) is 10.7. The van der Waals surface area contributed by atoms with Crippen LogP contribution in [0.15, 0.2) is 24.3 Å². The molecule has 0 saturated carbocycles. The van der Waals surface area contributed by atoms with Gasteiger partial charge >= 0.3 is 0 Å². The highest BCUT2D eigenvalue weighted by Crippen LogP contribution is 2.20. The Morgan fingerprint density at radius 1 is 0.737 bits per heavy atom. The van der Waals surface area contributed by atoms with E-state index >= 15 is 0 Å². The summed E-state index contributed by atoms with van der Waals surface area (Å²) in [6, 6.07) is 8.39. The molecular weight excluding hydrogens is 470 g/mol. The summed E-state index contributed by atoms with van der Waals surface area (Å²) in [5.41, 5.74) is 2.67. The van der Waals surface area contributed by atoms with Crippen LogP contribution < -0.4 is 10.6 Å². The molecule has 2 N–H and O–H groups in total. The molecule has 0 bridgehead atoms. The van der Waals surface area contributed by atoms with Crippen LogP contribution in [0.5, 0.6) is 0 Å². The first-order valence-corrected chi connectivity index (χ1v) is 15.6. The van der Waals surface area contributed by atoms with Crippen molar-refractivity contribution in [3.05, 3.63) is 35.4 Å². The van der Waals surface area contributed by atoms with Crippen molar-refractivity contribution in [2.24, 2.45) is 0 Å². The highest BCUT2D eigenvalue weighted by Gasteiger charge is 2.21. The molecule has 1 aliphatic heterocycles. The van der Waals surface area contributed by atoms with Gasteiger partial charge in [-0.2, -0.15) is 0 Å². The van der Waals surface area contributed by atoms with Gasteiger partial charge < -0.3 is 20.2 Å². The lowest BCUT2D eigenvalue weighted by molar-refractivity contribution is -0.112. The molecule has 1 aliphatic rings. The molecule has 0 aromatic heterocycles. The Bertz CT molecular complexity index is 645. The van der Waals surface area contributed by atoms with Crippen molar-refractivity contribution in [3.63, 3.8) is 0 Å². The molecular formula is C33H61N3O2. The minimum Gasteiger partial charge on any atom is -0.320 e. The molecule has 1 aromatic rings. The highest BCUT2D eigenvalue weighted by molar-refractivity contribution is 5.59. The SMILES string of the molecule is CCCCCCCCCCCCC=O.CN1Cc2ccccc2CC1C=O.CNCCCCCCCNC. The van der Waals surface area contributed by atoms with Gasteiger partial charge in [0.1, 0.15) is 12.6 Å². The smallest absolute Gasteiger partial charge is 0.137 e. The molecule has 0 fully saturated rings. The number of rotatable bonds is 20. The first-order chi connectivity index (χ1) is 18.6. The molecule has 1 atom stereocenters. The first kappa shape index (κ1) is 36.4. The van der Waals surface area contributed by atoms with Gasteiger partial charge in [0.25, 0.3) is 0 Å². The van der Waals surface area contributed by atoms with E-state index in [1.165, 1.54) is 114 Å². The van der Waals surface area contributed by atoms with Crippen LogP contribution in [0.4, 0.5) is 0 Å². The van der Waals surface area contributed by atoms with E-state index in [-0.39, 0.29) is 6.04 Å². The summed E-state index contributed by atoms with van der Waals surface area (Å²) in [7, 11) is 6.02. The maximum Gasteiger partial charge on any atom is 0.137 e. The standard InChI is InChI=1S/C13H26O.C11H13NO.C9H22N2/c1-2-3-4-5-6-7-8-9-10-11-12-13-14;1-12-7-10-5-3-2-4-9(10)6-11(12)8-13;1-10-8-6-4-3-5-7-9-11-2/h13H,2-12H2,1H3;2-5,8,11H,6-7H2,1H3;10-11H,3-9H2,1-2H3. The van der Waals surface area contributed by atoms with Crippen molar-refractivity contribution in [2.45, 2.75) is 129 Å². The molecule has 5 heteroatoms. The van der Waals surface area contributed by atoms with Crippen LogP contribution >= 0.6 is 0 Å².